The normalized spacial score (nSPS) is 20.4. The van der Waals surface area contributed by atoms with E-state index in [1.165, 1.54) is 22.7 Å². The number of nitrogens with zero attached hydrogens (tertiary/aromatic N) is 2. The molecule has 0 unspecified atom stereocenters. The van der Waals surface area contributed by atoms with Gasteiger partial charge in [0.1, 0.15) is 0 Å². The lowest BCUT2D eigenvalue weighted by Gasteiger charge is -2.26. The largest absolute Gasteiger partial charge is 0.294 e. The summed E-state index contributed by atoms with van der Waals surface area (Å²) in [6.07, 6.45) is 1.79. The lowest BCUT2D eigenvalue weighted by Crippen LogP contribution is -2.43. The quantitative estimate of drug-likeness (QED) is 0.774. The molecule has 1 fully saturated rings. The molecule has 1 heterocycles. The highest BCUT2D eigenvalue weighted by atomic mass is 32.2. The molecule has 0 N–H and O–H groups in total. The van der Waals surface area contributed by atoms with Gasteiger partial charge in [-0.15, -0.1) is 0 Å². The first-order valence-corrected chi connectivity index (χ1v) is 8.10. The monoisotopic (exact) mass is 296 g/mol. The van der Waals surface area contributed by atoms with Crippen LogP contribution in [0.5, 0.6) is 0 Å². The molecule has 0 aliphatic carbocycles. The van der Waals surface area contributed by atoms with E-state index < -0.39 is 10.2 Å². The fourth-order valence-corrected chi connectivity index (χ4v) is 3.82. The molecule has 1 aliphatic heterocycles. The van der Waals surface area contributed by atoms with Crippen molar-refractivity contribution in [3.8, 4) is 0 Å². The van der Waals surface area contributed by atoms with E-state index in [1.54, 1.807) is 12.1 Å². The Balaban J connectivity index is 2.11. The maximum atomic E-state index is 12.2. The Morgan fingerprint density at radius 1 is 1.30 bits per heavy atom. The number of benzene rings is 1. The van der Waals surface area contributed by atoms with Crippen molar-refractivity contribution in [2.24, 2.45) is 0 Å². The third-order valence-corrected chi connectivity index (χ3v) is 5.59. The van der Waals surface area contributed by atoms with Crippen LogP contribution in [0.3, 0.4) is 0 Å². The molecule has 0 amide bonds. The van der Waals surface area contributed by atoms with Gasteiger partial charge < -0.3 is 0 Å². The minimum Gasteiger partial charge on any atom is -0.294 e. The van der Waals surface area contributed by atoms with Gasteiger partial charge in [-0.1, -0.05) is 30.3 Å². The standard InChI is InChI=1S/C14H20N2O3S/c1-15(2)20(18,19)16-10-6-9-13(16)11-14(17)12-7-4-3-5-8-12/h3-5,7-8,13H,6,9-11H2,1-2H3/t13-/m0/s1. The Hall–Kier alpha value is -1.24. The second kappa shape index (κ2) is 6.03. The van der Waals surface area contributed by atoms with Gasteiger partial charge in [0.05, 0.1) is 0 Å². The van der Waals surface area contributed by atoms with Gasteiger partial charge in [-0.25, -0.2) is 0 Å². The summed E-state index contributed by atoms with van der Waals surface area (Å²) in [5.41, 5.74) is 0.640. The summed E-state index contributed by atoms with van der Waals surface area (Å²) < 4.78 is 27.1. The van der Waals surface area contributed by atoms with Crippen LogP contribution in [-0.4, -0.2) is 49.5 Å². The number of carbonyl (C=O) groups is 1. The molecule has 0 radical (unpaired) electrons. The number of rotatable bonds is 5. The lowest BCUT2D eigenvalue weighted by atomic mass is 10.0. The van der Waals surface area contributed by atoms with Crippen LogP contribution in [0.1, 0.15) is 29.6 Å². The highest BCUT2D eigenvalue weighted by Crippen LogP contribution is 2.25. The maximum absolute atomic E-state index is 12.2. The second-order valence-electron chi connectivity index (χ2n) is 5.19. The first-order valence-electron chi connectivity index (χ1n) is 6.70. The molecule has 1 aromatic rings. The predicted molar refractivity (Wildman–Crippen MR) is 77.7 cm³/mol. The molecule has 1 saturated heterocycles. The molecule has 5 nitrogen and oxygen atoms in total. The Morgan fingerprint density at radius 3 is 2.55 bits per heavy atom. The Bertz CT molecular complexity index is 569. The minimum absolute atomic E-state index is 0.00328. The van der Waals surface area contributed by atoms with Crippen LogP contribution in [0.15, 0.2) is 30.3 Å². The van der Waals surface area contributed by atoms with E-state index in [-0.39, 0.29) is 18.2 Å². The maximum Gasteiger partial charge on any atom is 0.281 e. The molecule has 1 atom stereocenters. The summed E-state index contributed by atoms with van der Waals surface area (Å²) in [4.78, 5) is 12.2. The summed E-state index contributed by atoms with van der Waals surface area (Å²) in [5.74, 6) is -0.00328. The number of carbonyl (C=O) groups excluding carboxylic acids is 1. The highest BCUT2D eigenvalue weighted by Gasteiger charge is 2.36. The van der Waals surface area contributed by atoms with Gasteiger partial charge in [0, 0.05) is 38.7 Å². The smallest absolute Gasteiger partial charge is 0.281 e. The molecule has 2 rings (SSSR count). The van der Waals surface area contributed by atoms with Crippen molar-refractivity contribution in [2.45, 2.75) is 25.3 Å². The van der Waals surface area contributed by atoms with Gasteiger partial charge in [-0.3, -0.25) is 4.79 Å². The molecule has 0 spiro atoms. The molecule has 6 heteroatoms. The number of hydrogen-bond acceptors (Lipinski definition) is 3. The number of hydrogen-bond donors (Lipinski definition) is 0. The molecule has 1 aromatic carbocycles. The van der Waals surface area contributed by atoms with Crippen molar-refractivity contribution in [1.29, 1.82) is 0 Å². The second-order valence-corrected chi connectivity index (χ2v) is 7.29. The third-order valence-electron chi connectivity index (χ3n) is 3.60. The van der Waals surface area contributed by atoms with Gasteiger partial charge in [0.2, 0.25) is 0 Å². The van der Waals surface area contributed by atoms with Crippen molar-refractivity contribution in [3.05, 3.63) is 35.9 Å². The third kappa shape index (κ3) is 3.08. The van der Waals surface area contributed by atoms with E-state index in [0.717, 1.165) is 12.8 Å². The molecule has 0 aromatic heterocycles. The van der Waals surface area contributed by atoms with Gasteiger partial charge in [0.15, 0.2) is 5.78 Å². The van der Waals surface area contributed by atoms with E-state index in [1.807, 2.05) is 18.2 Å². The number of ketones is 1. The molecule has 0 bridgehead atoms. The summed E-state index contributed by atoms with van der Waals surface area (Å²) in [6.45, 7) is 0.493. The van der Waals surface area contributed by atoms with E-state index in [4.69, 9.17) is 0 Å². The zero-order valence-corrected chi connectivity index (χ0v) is 12.6. The van der Waals surface area contributed by atoms with Crippen LogP contribution in [0.25, 0.3) is 0 Å². The zero-order chi connectivity index (χ0) is 14.8. The molecule has 1 aliphatic rings. The molecule has 0 saturated carbocycles. The van der Waals surface area contributed by atoms with Crippen LogP contribution < -0.4 is 0 Å². The van der Waals surface area contributed by atoms with Crippen LogP contribution in [0.4, 0.5) is 0 Å². The predicted octanol–water partition coefficient (Wildman–Crippen LogP) is 1.53. The van der Waals surface area contributed by atoms with Gasteiger partial charge >= 0.3 is 0 Å². The van der Waals surface area contributed by atoms with Crippen LogP contribution in [0.2, 0.25) is 0 Å². The highest BCUT2D eigenvalue weighted by molar-refractivity contribution is 7.86. The Labute approximate surface area is 120 Å². The first-order chi connectivity index (χ1) is 9.43. The fraction of sp³-hybridized carbons (Fsp3) is 0.500. The SMILES string of the molecule is CN(C)S(=O)(=O)N1CCC[C@H]1CC(=O)c1ccccc1. The van der Waals surface area contributed by atoms with E-state index >= 15 is 0 Å². The molecular formula is C14H20N2O3S. The Morgan fingerprint density at radius 2 is 1.95 bits per heavy atom. The van der Waals surface area contributed by atoms with Crippen molar-refractivity contribution in [3.63, 3.8) is 0 Å². The van der Waals surface area contributed by atoms with E-state index in [2.05, 4.69) is 0 Å². The summed E-state index contributed by atoms with van der Waals surface area (Å²) in [7, 11) is -0.404. The first kappa shape index (κ1) is 15.2. The molecule has 110 valence electrons. The van der Waals surface area contributed by atoms with Crippen LogP contribution in [0, 0.1) is 0 Å². The van der Waals surface area contributed by atoms with Gasteiger partial charge in [-0.05, 0) is 12.8 Å². The minimum atomic E-state index is -3.44. The number of Topliss-reactive ketones (excluding diaryl/α,β-unsaturated/α-hetero) is 1. The van der Waals surface area contributed by atoms with Gasteiger partial charge in [-0.2, -0.15) is 17.0 Å². The zero-order valence-electron chi connectivity index (χ0n) is 11.8. The van der Waals surface area contributed by atoms with Crippen molar-refractivity contribution in [2.75, 3.05) is 20.6 Å². The summed E-state index contributed by atoms with van der Waals surface area (Å²) >= 11 is 0. The van der Waals surface area contributed by atoms with E-state index in [0.29, 0.717) is 12.1 Å². The van der Waals surface area contributed by atoms with E-state index in [9.17, 15) is 13.2 Å². The summed E-state index contributed by atoms with van der Waals surface area (Å²) in [6, 6.07) is 8.79. The van der Waals surface area contributed by atoms with Crippen LogP contribution in [-0.2, 0) is 10.2 Å². The molecule has 20 heavy (non-hydrogen) atoms. The van der Waals surface area contributed by atoms with Crippen molar-refractivity contribution < 1.29 is 13.2 Å². The summed E-state index contributed by atoms with van der Waals surface area (Å²) in [5, 5.41) is 0. The fourth-order valence-electron chi connectivity index (χ4n) is 2.48. The van der Waals surface area contributed by atoms with Crippen molar-refractivity contribution in [1.82, 2.24) is 8.61 Å². The Kier molecular flexibility index (Phi) is 4.57. The topological polar surface area (TPSA) is 57.7 Å². The van der Waals surface area contributed by atoms with Gasteiger partial charge in [0.25, 0.3) is 10.2 Å². The average Bonchev–Trinajstić information content (AvgIpc) is 2.88. The van der Waals surface area contributed by atoms with Crippen LogP contribution >= 0.6 is 0 Å². The molecular weight excluding hydrogens is 276 g/mol. The lowest BCUT2D eigenvalue weighted by molar-refractivity contribution is 0.0960. The average molecular weight is 296 g/mol. The van der Waals surface area contributed by atoms with Crippen molar-refractivity contribution >= 4 is 16.0 Å².